The fourth-order valence-corrected chi connectivity index (χ4v) is 2.28. The van der Waals surface area contributed by atoms with Gasteiger partial charge in [0.15, 0.2) is 0 Å². The van der Waals surface area contributed by atoms with Crippen LogP contribution in [-0.4, -0.2) is 22.7 Å². The highest BCUT2D eigenvalue weighted by Crippen LogP contribution is 2.25. The van der Waals surface area contributed by atoms with Crippen LogP contribution in [0.1, 0.15) is 5.69 Å². The fraction of sp³-hybridized carbons (Fsp3) is 0.143. The highest BCUT2D eigenvalue weighted by atomic mass is 32.1. The molecule has 1 N–H and O–H groups in total. The number of nitrogens with zero attached hydrogens (tertiary/aromatic N) is 1. The lowest BCUT2D eigenvalue weighted by Gasteiger charge is -2.03. The van der Waals surface area contributed by atoms with Crippen LogP contribution >= 0.6 is 11.3 Å². The van der Waals surface area contributed by atoms with E-state index >= 15 is 0 Å². The predicted octanol–water partition coefficient (Wildman–Crippen LogP) is 3.14. The molecule has 19 heavy (non-hydrogen) atoms. The molecule has 2 rings (SSSR count). The molecule has 0 aliphatic rings. The third kappa shape index (κ3) is 3.93. The number of carboxylic acid groups (broad SMARTS) is 1. The van der Waals surface area contributed by atoms with Crippen molar-refractivity contribution in [1.29, 1.82) is 0 Å². The van der Waals surface area contributed by atoms with Crippen LogP contribution in [0.15, 0.2) is 41.8 Å². The predicted molar refractivity (Wildman–Crippen MR) is 74.6 cm³/mol. The average Bonchev–Trinajstić information content (AvgIpc) is 2.82. The van der Waals surface area contributed by atoms with Gasteiger partial charge in [-0.2, -0.15) is 0 Å². The van der Waals surface area contributed by atoms with Crippen LogP contribution in [0.25, 0.3) is 10.6 Å². The van der Waals surface area contributed by atoms with Crippen LogP contribution in [0.2, 0.25) is 0 Å². The van der Waals surface area contributed by atoms with E-state index in [1.54, 1.807) is 11.3 Å². The highest BCUT2D eigenvalue weighted by molar-refractivity contribution is 7.13. The molecule has 0 saturated carbocycles. The van der Waals surface area contributed by atoms with Crippen molar-refractivity contribution in [2.24, 2.45) is 0 Å². The van der Waals surface area contributed by atoms with E-state index in [2.05, 4.69) is 4.98 Å². The van der Waals surface area contributed by atoms with E-state index < -0.39 is 5.97 Å². The van der Waals surface area contributed by atoms with Gasteiger partial charge in [0.25, 0.3) is 0 Å². The number of ether oxygens (including phenoxy) is 1. The number of carboxylic acids is 1. The lowest BCUT2D eigenvalue weighted by molar-refractivity contribution is -0.131. The molecule has 1 heterocycles. The molecule has 4 nitrogen and oxygen atoms in total. The third-order valence-electron chi connectivity index (χ3n) is 2.33. The molecular weight excluding hydrogens is 262 g/mol. The molecule has 0 bridgehead atoms. The maximum absolute atomic E-state index is 10.3. The second-order valence-corrected chi connectivity index (χ2v) is 4.73. The van der Waals surface area contributed by atoms with Crippen molar-refractivity contribution < 1.29 is 14.6 Å². The number of aromatic nitrogens is 1. The molecule has 0 aliphatic carbocycles. The van der Waals surface area contributed by atoms with Gasteiger partial charge in [0.1, 0.15) is 17.4 Å². The second kappa shape index (κ2) is 6.15. The van der Waals surface area contributed by atoms with Gasteiger partial charge in [0.2, 0.25) is 0 Å². The van der Waals surface area contributed by atoms with Gasteiger partial charge < -0.3 is 9.84 Å². The number of thiazole rings is 1. The van der Waals surface area contributed by atoms with Crippen LogP contribution in [0.4, 0.5) is 0 Å². The fourth-order valence-electron chi connectivity index (χ4n) is 1.47. The van der Waals surface area contributed by atoms with Crippen molar-refractivity contribution in [2.45, 2.75) is 6.92 Å². The monoisotopic (exact) mass is 275 g/mol. The van der Waals surface area contributed by atoms with E-state index in [0.29, 0.717) is 5.75 Å². The van der Waals surface area contributed by atoms with E-state index in [1.807, 2.05) is 36.6 Å². The summed E-state index contributed by atoms with van der Waals surface area (Å²) in [5, 5.41) is 11.4. The topological polar surface area (TPSA) is 59.4 Å². The number of benzene rings is 1. The molecule has 0 spiro atoms. The number of hydrogen-bond acceptors (Lipinski definition) is 4. The van der Waals surface area contributed by atoms with E-state index in [4.69, 9.17) is 9.84 Å². The van der Waals surface area contributed by atoms with E-state index in [-0.39, 0.29) is 6.61 Å². The maximum Gasteiger partial charge on any atom is 0.328 e. The first kappa shape index (κ1) is 13.3. The summed E-state index contributed by atoms with van der Waals surface area (Å²) < 4.78 is 5.39. The van der Waals surface area contributed by atoms with Gasteiger partial charge in [-0.25, -0.2) is 9.78 Å². The minimum absolute atomic E-state index is 0.238. The minimum atomic E-state index is -0.974. The van der Waals surface area contributed by atoms with Gasteiger partial charge >= 0.3 is 5.97 Å². The first-order chi connectivity index (χ1) is 9.15. The van der Waals surface area contributed by atoms with E-state index in [9.17, 15) is 4.79 Å². The highest BCUT2D eigenvalue weighted by Gasteiger charge is 2.02. The lowest BCUT2D eigenvalue weighted by Crippen LogP contribution is -1.95. The van der Waals surface area contributed by atoms with Crippen molar-refractivity contribution in [3.63, 3.8) is 0 Å². The summed E-state index contributed by atoms with van der Waals surface area (Å²) in [4.78, 5) is 14.7. The average molecular weight is 275 g/mol. The number of hydrogen-bond donors (Lipinski definition) is 1. The van der Waals surface area contributed by atoms with Crippen molar-refractivity contribution in [2.75, 3.05) is 6.61 Å². The van der Waals surface area contributed by atoms with E-state index in [1.165, 1.54) is 6.08 Å². The molecule has 98 valence electrons. The zero-order chi connectivity index (χ0) is 13.7. The summed E-state index contributed by atoms with van der Waals surface area (Å²) in [6.07, 6.45) is 2.52. The molecule has 1 aromatic carbocycles. The van der Waals surface area contributed by atoms with Crippen LogP contribution in [0.5, 0.6) is 5.75 Å². The normalized spacial score (nSPS) is 10.8. The number of aliphatic carboxylic acids is 1. The van der Waals surface area contributed by atoms with Crippen LogP contribution in [0.3, 0.4) is 0 Å². The van der Waals surface area contributed by atoms with Gasteiger partial charge in [-0.3, -0.25) is 0 Å². The third-order valence-corrected chi connectivity index (χ3v) is 3.34. The molecular formula is C14H13NO3S. The van der Waals surface area contributed by atoms with Gasteiger partial charge in [-0.1, -0.05) is 0 Å². The molecule has 5 heteroatoms. The molecule has 0 saturated heterocycles. The SMILES string of the molecule is Cc1csc(-c2ccc(OCC=CC(=O)O)cc2)n1. The molecule has 0 radical (unpaired) electrons. The van der Waals surface area contributed by atoms with Gasteiger partial charge in [-0.15, -0.1) is 11.3 Å². The van der Waals surface area contributed by atoms with E-state index in [0.717, 1.165) is 22.3 Å². The molecule has 0 fully saturated rings. The van der Waals surface area contributed by atoms with Crippen LogP contribution in [0, 0.1) is 6.92 Å². The van der Waals surface area contributed by atoms with Gasteiger partial charge in [0, 0.05) is 22.7 Å². The Hall–Kier alpha value is -2.14. The molecule has 0 amide bonds. The summed E-state index contributed by atoms with van der Waals surface area (Å²) in [6.45, 7) is 2.20. The number of carbonyl (C=O) groups is 1. The Labute approximate surface area is 115 Å². The Kier molecular flexibility index (Phi) is 4.30. The second-order valence-electron chi connectivity index (χ2n) is 3.87. The molecule has 1 aromatic heterocycles. The Morgan fingerprint density at radius 1 is 1.42 bits per heavy atom. The molecule has 2 aromatic rings. The van der Waals surface area contributed by atoms with Crippen molar-refractivity contribution in [1.82, 2.24) is 4.98 Å². The first-order valence-corrected chi connectivity index (χ1v) is 6.58. The van der Waals surface area contributed by atoms with Crippen molar-refractivity contribution >= 4 is 17.3 Å². The van der Waals surface area contributed by atoms with Gasteiger partial charge in [-0.05, 0) is 37.3 Å². The summed E-state index contributed by atoms with van der Waals surface area (Å²) >= 11 is 1.60. The van der Waals surface area contributed by atoms with Crippen molar-refractivity contribution in [3.8, 4) is 16.3 Å². The Balaban J connectivity index is 1.97. The zero-order valence-corrected chi connectivity index (χ0v) is 11.2. The number of aryl methyl sites for hydroxylation is 1. The largest absolute Gasteiger partial charge is 0.490 e. The summed E-state index contributed by atoms with van der Waals surface area (Å²) in [6, 6.07) is 7.57. The number of rotatable bonds is 5. The Morgan fingerprint density at radius 3 is 2.74 bits per heavy atom. The molecule has 0 unspecified atom stereocenters. The summed E-state index contributed by atoms with van der Waals surface area (Å²) in [7, 11) is 0. The van der Waals surface area contributed by atoms with Crippen LogP contribution in [-0.2, 0) is 4.79 Å². The standard InChI is InChI=1S/C14H13NO3S/c1-10-9-19-14(15-10)11-4-6-12(7-5-11)18-8-2-3-13(16)17/h2-7,9H,8H2,1H3,(H,16,17). The lowest BCUT2D eigenvalue weighted by atomic mass is 10.2. The zero-order valence-electron chi connectivity index (χ0n) is 10.4. The Morgan fingerprint density at radius 2 is 2.16 bits per heavy atom. The van der Waals surface area contributed by atoms with Crippen LogP contribution < -0.4 is 4.74 Å². The summed E-state index contributed by atoms with van der Waals surface area (Å²) in [5.74, 6) is -0.273. The molecule has 0 aliphatic heterocycles. The smallest absolute Gasteiger partial charge is 0.328 e. The Bertz CT molecular complexity index is 587. The quantitative estimate of drug-likeness (QED) is 0.852. The van der Waals surface area contributed by atoms with Gasteiger partial charge in [0.05, 0.1) is 0 Å². The first-order valence-electron chi connectivity index (χ1n) is 5.70. The summed E-state index contributed by atoms with van der Waals surface area (Å²) in [5.41, 5.74) is 2.06. The maximum atomic E-state index is 10.3. The molecule has 0 atom stereocenters. The van der Waals surface area contributed by atoms with Crippen molar-refractivity contribution in [3.05, 3.63) is 47.5 Å². The minimum Gasteiger partial charge on any atom is -0.490 e.